The summed E-state index contributed by atoms with van der Waals surface area (Å²) in [6, 6.07) is 16.3. The van der Waals surface area contributed by atoms with Crippen LogP contribution < -0.4 is 10.5 Å². The largest absolute Gasteiger partial charge is 0.382 e. The van der Waals surface area contributed by atoms with Gasteiger partial charge >= 0.3 is 0 Å². The molecule has 0 spiro atoms. The molecular weight excluding hydrogens is 386 g/mol. The molecule has 0 aliphatic rings. The van der Waals surface area contributed by atoms with Crippen molar-refractivity contribution in [3.8, 4) is 0 Å². The summed E-state index contributed by atoms with van der Waals surface area (Å²) < 4.78 is 29.4. The Kier molecular flexibility index (Phi) is 5.21. The summed E-state index contributed by atoms with van der Waals surface area (Å²) in [6.07, 6.45) is 1.52. The van der Waals surface area contributed by atoms with Gasteiger partial charge in [-0.1, -0.05) is 36.4 Å². The van der Waals surface area contributed by atoms with Crippen LogP contribution >= 0.6 is 0 Å². The van der Waals surface area contributed by atoms with Crippen LogP contribution in [0.2, 0.25) is 0 Å². The maximum atomic E-state index is 12.3. The van der Waals surface area contributed by atoms with Crippen molar-refractivity contribution in [3.63, 3.8) is 0 Å². The van der Waals surface area contributed by atoms with Crippen LogP contribution in [0, 0.1) is 6.92 Å². The molecular formula is C21H23N5O2S. The van der Waals surface area contributed by atoms with E-state index < -0.39 is 10.0 Å². The highest BCUT2D eigenvalue weighted by atomic mass is 32.2. The highest BCUT2D eigenvalue weighted by Gasteiger charge is 2.15. The molecule has 2 aromatic heterocycles. The number of para-hydroxylation sites is 1. The lowest BCUT2D eigenvalue weighted by Crippen LogP contribution is -2.25. The van der Waals surface area contributed by atoms with Crippen LogP contribution in [0.25, 0.3) is 21.9 Å². The number of aryl methyl sites for hydroxylation is 2. The molecule has 7 nitrogen and oxygen atoms in total. The first-order chi connectivity index (χ1) is 14.0. The van der Waals surface area contributed by atoms with Crippen LogP contribution in [-0.2, 0) is 16.6 Å². The van der Waals surface area contributed by atoms with E-state index in [1.807, 2.05) is 31.2 Å². The number of imidazole rings is 1. The lowest BCUT2D eigenvalue weighted by molar-refractivity contribution is 0.566. The van der Waals surface area contributed by atoms with Gasteiger partial charge in [-0.05, 0) is 38.0 Å². The fourth-order valence-corrected chi connectivity index (χ4v) is 4.62. The summed E-state index contributed by atoms with van der Waals surface area (Å²) in [5.41, 5.74) is 8.66. The van der Waals surface area contributed by atoms with Gasteiger partial charge in [0, 0.05) is 18.5 Å². The predicted molar refractivity (Wildman–Crippen MR) is 115 cm³/mol. The zero-order chi connectivity index (χ0) is 20.4. The van der Waals surface area contributed by atoms with Gasteiger partial charge in [0.2, 0.25) is 10.0 Å². The van der Waals surface area contributed by atoms with Gasteiger partial charge in [0.25, 0.3) is 0 Å². The van der Waals surface area contributed by atoms with Crippen LogP contribution in [0.1, 0.15) is 18.7 Å². The Morgan fingerprint density at radius 1 is 1.00 bits per heavy atom. The van der Waals surface area contributed by atoms with E-state index in [2.05, 4.69) is 19.3 Å². The minimum Gasteiger partial charge on any atom is -0.382 e. The summed E-state index contributed by atoms with van der Waals surface area (Å²) in [4.78, 5) is 9.34. The third-order valence-electron chi connectivity index (χ3n) is 4.96. The second-order valence-electron chi connectivity index (χ2n) is 6.94. The molecule has 0 aliphatic carbocycles. The first kappa shape index (κ1) is 19.4. The number of rotatable bonds is 7. The van der Waals surface area contributed by atoms with E-state index >= 15 is 0 Å². The van der Waals surface area contributed by atoms with Gasteiger partial charge in [-0.25, -0.2) is 23.1 Å². The van der Waals surface area contributed by atoms with Crippen molar-refractivity contribution in [2.45, 2.75) is 31.2 Å². The molecule has 0 amide bonds. The summed E-state index contributed by atoms with van der Waals surface area (Å²) in [6.45, 7) is 3.06. The number of nitrogens with one attached hydrogen (secondary N) is 1. The third kappa shape index (κ3) is 3.81. The first-order valence-electron chi connectivity index (χ1n) is 9.53. The Labute approximate surface area is 169 Å². The number of unbranched alkanes of at least 4 members (excludes halogenated alkanes) is 1. The lowest BCUT2D eigenvalue weighted by Gasteiger charge is -2.10. The highest BCUT2D eigenvalue weighted by Crippen LogP contribution is 2.28. The van der Waals surface area contributed by atoms with Gasteiger partial charge < -0.3 is 10.3 Å². The number of sulfonamides is 1. The molecule has 8 heteroatoms. The summed E-state index contributed by atoms with van der Waals surface area (Å²) in [5.74, 6) is 1.30. The molecule has 29 heavy (non-hydrogen) atoms. The average Bonchev–Trinajstić information content (AvgIpc) is 3.06. The number of nitrogen functional groups attached to an aromatic ring is 1. The smallest absolute Gasteiger partial charge is 0.240 e. The van der Waals surface area contributed by atoms with Gasteiger partial charge in [-0.15, -0.1) is 0 Å². The standard InChI is InChI=1S/C21H23N5O2S/c1-15-24-19-20(17-11-5-6-12-18(17)25-21(19)22)26(15)14-8-7-13-23-29(27,28)16-9-3-2-4-10-16/h2-6,9-12,23H,7-8,13-14H2,1H3,(H2,22,25). The fraction of sp³-hybridized carbons (Fsp3) is 0.238. The van der Waals surface area contributed by atoms with E-state index in [0.29, 0.717) is 24.3 Å². The zero-order valence-electron chi connectivity index (χ0n) is 16.2. The minimum absolute atomic E-state index is 0.283. The highest BCUT2D eigenvalue weighted by molar-refractivity contribution is 7.89. The van der Waals surface area contributed by atoms with Crippen molar-refractivity contribution in [3.05, 3.63) is 60.4 Å². The second kappa shape index (κ2) is 7.81. The molecule has 2 aromatic carbocycles. The molecule has 0 saturated heterocycles. The number of aromatic nitrogens is 3. The Balaban J connectivity index is 1.47. The molecule has 0 bridgehead atoms. The average molecular weight is 410 g/mol. The third-order valence-corrected chi connectivity index (χ3v) is 6.43. The second-order valence-corrected chi connectivity index (χ2v) is 8.71. The van der Waals surface area contributed by atoms with Crippen LogP contribution in [0.3, 0.4) is 0 Å². The number of benzene rings is 2. The van der Waals surface area contributed by atoms with Crippen LogP contribution in [0.15, 0.2) is 59.5 Å². The van der Waals surface area contributed by atoms with Crippen LogP contribution in [0.5, 0.6) is 0 Å². The molecule has 2 heterocycles. The summed E-state index contributed by atoms with van der Waals surface area (Å²) in [7, 11) is -3.47. The summed E-state index contributed by atoms with van der Waals surface area (Å²) >= 11 is 0. The van der Waals surface area contributed by atoms with Crippen LogP contribution in [-0.4, -0.2) is 29.5 Å². The zero-order valence-corrected chi connectivity index (χ0v) is 17.0. The molecule has 0 fully saturated rings. The number of pyridine rings is 1. The van der Waals surface area contributed by atoms with Gasteiger partial charge in [0.1, 0.15) is 11.3 Å². The number of hydrogen-bond donors (Lipinski definition) is 2. The molecule has 0 atom stereocenters. The van der Waals surface area contributed by atoms with E-state index in [1.165, 1.54) is 0 Å². The van der Waals surface area contributed by atoms with Crippen molar-refractivity contribution in [2.24, 2.45) is 0 Å². The molecule has 0 aliphatic heterocycles. The Morgan fingerprint density at radius 2 is 1.72 bits per heavy atom. The quantitative estimate of drug-likeness (QED) is 0.456. The molecule has 0 unspecified atom stereocenters. The van der Waals surface area contributed by atoms with Crippen molar-refractivity contribution >= 4 is 37.8 Å². The molecule has 0 radical (unpaired) electrons. The number of nitrogens with zero attached hydrogens (tertiary/aromatic N) is 3. The monoisotopic (exact) mass is 409 g/mol. The van der Waals surface area contributed by atoms with Gasteiger partial charge in [0.15, 0.2) is 5.82 Å². The Bertz CT molecular complexity index is 1270. The summed E-state index contributed by atoms with van der Waals surface area (Å²) in [5, 5.41) is 1.02. The molecule has 3 N–H and O–H groups in total. The fourth-order valence-electron chi connectivity index (χ4n) is 3.53. The number of hydrogen-bond acceptors (Lipinski definition) is 5. The SMILES string of the molecule is Cc1nc2c(N)nc3ccccc3c2n1CCCCNS(=O)(=O)c1ccccc1. The van der Waals surface area contributed by atoms with E-state index in [0.717, 1.165) is 35.2 Å². The first-order valence-corrected chi connectivity index (χ1v) is 11.0. The van der Waals surface area contributed by atoms with Gasteiger partial charge in [0.05, 0.1) is 15.9 Å². The van der Waals surface area contributed by atoms with E-state index in [1.54, 1.807) is 30.3 Å². The van der Waals surface area contributed by atoms with Gasteiger partial charge in [-0.2, -0.15) is 0 Å². The van der Waals surface area contributed by atoms with Gasteiger partial charge in [-0.3, -0.25) is 0 Å². The predicted octanol–water partition coefficient (Wildman–Crippen LogP) is 3.23. The minimum atomic E-state index is -3.47. The molecule has 4 aromatic rings. The normalized spacial score (nSPS) is 12.0. The topological polar surface area (TPSA) is 103 Å². The lowest BCUT2D eigenvalue weighted by atomic mass is 10.2. The molecule has 150 valence electrons. The number of fused-ring (bicyclic) bond motifs is 3. The van der Waals surface area contributed by atoms with Crippen LogP contribution in [0.4, 0.5) is 5.82 Å². The van der Waals surface area contributed by atoms with E-state index in [-0.39, 0.29) is 4.90 Å². The van der Waals surface area contributed by atoms with Crippen molar-refractivity contribution in [1.29, 1.82) is 0 Å². The van der Waals surface area contributed by atoms with Crippen molar-refractivity contribution in [2.75, 3.05) is 12.3 Å². The molecule has 4 rings (SSSR count). The van der Waals surface area contributed by atoms with Crippen molar-refractivity contribution < 1.29 is 8.42 Å². The molecule has 0 saturated carbocycles. The number of nitrogens with two attached hydrogens (primary N) is 1. The maximum Gasteiger partial charge on any atom is 0.240 e. The Morgan fingerprint density at radius 3 is 2.52 bits per heavy atom. The Hall–Kier alpha value is -2.97. The van der Waals surface area contributed by atoms with E-state index in [4.69, 9.17) is 5.73 Å². The van der Waals surface area contributed by atoms with Crippen molar-refractivity contribution in [1.82, 2.24) is 19.3 Å². The number of anilines is 1. The maximum absolute atomic E-state index is 12.3. The van der Waals surface area contributed by atoms with E-state index in [9.17, 15) is 8.42 Å².